The van der Waals surface area contributed by atoms with Crippen LogP contribution in [-0.2, 0) is 12.8 Å². The Bertz CT molecular complexity index is 635. The maximum atomic E-state index is 12.2. The van der Waals surface area contributed by atoms with Crippen molar-refractivity contribution in [3.05, 3.63) is 51.4 Å². The zero-order valence-corrected chi connectivity index (χ0v) is 12.8. The Morgan fingerprint density at radius 2 is 1.95 bits per heavy atom. The molecule has 5 heteroatoms. The van der Waals surface area contributed by atoms with Gasteiger partial charge in [-0.1, -0.05) is 31.5 Å². The monoisotopic (exact) mass is 311 g/mol. The summed E-state index contributed by atoms with van der Waals surface area (Å²) in [5.74, 6) is -0.296. The third-order valence-corrected chi connectivity index (χ3v) is 3.82. The van der Waals surface area contributed by atoms with Crippen LogP contribution in [0.15, 0.2) is 28.9 Å². The molecule has 0 fully saturated rings. The molecule has 0 saturated heterocycles. The van der Waals surface area contributed by atoms with Crippen molar-refractivity contribution in [2.45, 2.75) is 26.7 Å². The number of anilines is 1. The smallest absolute Gasteiger partial charge is 0.260 e. The summed E-state index contributed by atoms with van der Waals surface area (Å²) in [6.45, 7) is 4.03. The van der Waals surface area contributed by atoms with Gasteiger partial charge in [-0.15, -0.1) is 0 Å². The molecule has 0 aliphatic carbocycles. The number of rotatable bonds is 4. The van der Waals surface area contributed by atoms with E-state index in [9.17, 15) is 4.79 Å². The van der Waals surface area contributed by atoms with Crippen molar-refractivity contribution in [3.63, 3.8) is 0 Å². The van der Waals surface area contributed by atoms with E-state index in [1.54, 1.807) is 6.07 Å². The molecule has 106 valence electrons. The Morgan fingerprint density at radius 3 is 2.50 bits per heavy atom. The molecule has 1 N–H and O–H groups in total. The molecule has 0 aliphatic heterocycles. The first-order chi connectivity index (χ1) is 9.58. The van der Waals surface area contributed by atoms with Crippen LogP contribution in [-0.4, -0.2) is 5.91 Å². The van der Waals surface area contributed by atoms with Gasteiger partial charge in [0.1, 0.15) is 0 Å². The van der Waals surface area contributed by atoms with Gasteiger partial charge < -0.3 is 9.73 Å². The molecule has 2 rings (SSSR count). The van der Waals surface area contributed by atoms with Gasteiger partial charge >= 0.3 is 0 Å². The number of benzene rings is 1. The SMILES string of the molecule is CCc1ccc(Cl)c(CC)c1NC(=O)c1ccoc1Cl. The minimum Gasteiger partial charge on any atom is -0.452 e. The van der Waals surface area contributed by atoms with Crippen LogP contribution in [0.25, 0.3) is 0 Å². The number of carbonyl (C=O) groups is 1. The zero-order valence-electron chi connectivity index (χ0n) is 11.3. The number of hydrogen-bond donors (Lipinski definition) is 1. The highest BCUT2D eigenvalue weighted by atomic mass is 35.5. The number of furan rings is 1. The minimum absolute atomic E-state index is 0.0839. The number of carbonyl (C=O) groups excluding carboxylic acids is 1. The van der Waals surface area contributed by atoms with Gasteiger partial charge in [-0.2, -0.15) is 0 Å². The Morgan fingerprint density at radius 1 is 1.20 bits per heavy atom. The van der Waals surface area contributed by atoms with Crippen LogP contribution in [0.2, 0.25) is 10.2 Å². The number of nitrogens with one attached hydrogen (secondary N) is 1. The zero-order chi connectivity index (χ0) is 14.7. The molecular weight excluding hydrogens is 297 g/mol. The topological polar surface area (TPSA) is 42.2 Å². The van der Waals surface area contributed by atoms with E-state index in [2.05, 4.69) is 5.32 Å². The third-order valence-electron chi connectivity index (χ3n) is 3.18. The highest BCUT2D eigenvalue weighted by Crippen LogP contribution is 2.30. The van der Waals surface area contributed by atoms with E-state index in [1.165, 1.54) is 6.26 Å². The van der Waals surface area contributed by atoms with Crippen LogP contribution in [0.3, 0.4) is 0 Å². The summed E-state index contributed by atoms with van der Waals surface area (Å²) >= 11 is 12.0. The molecule has 0 atom stereocenters. The van der Waals surface area contributed by atoms with Gasteiger partial charge in [-0.05, 0) is 47.7 Å². The van der Waals surface area contributed by atoms with Gasteiger partial charge in [-0.25, -0.2) is 0 Å². The number of halogens is 2. The summed E-state index contributed by atoms with van der Waals surface area (Å²) < 4.78 is 4.94. The molecule has 1 aromatic heterocycles. The molecule has 0 saturated carbocycles. The molecule has 0 radical (unpaired) electrons. The van der Waals surface area contributed by atoms with Crippen molar-refractivity contribution < 1.29 is 9.21 Å². The van der Waals surface area contributed by atoms with Crippen LogP contribution in [0.5, 0.6) is 0 Å². The quantitative estimate of drug-likeness (QED) is 0.866. The molecule has 1 aromatic carbocycles. The summed E-state index contributed by atoms with van der Waals surface area (Å²) in [7, 11) is 0. The fourth-order valence-corrected chi connectivity index (χ4v) is 2.59. The maximum Gasteiger partial charge on any atom is 0.260 e. The van der Waals surface area contributed by atoms with E-state index in [-0.39, 0.29) is 11.1 Å². The second-order valence-corrected chi connectivity index (χ2v) is 5.08. The Labute approximate surface area is 127 Å². The second kappa shape index (κ2) is 6.33. The van der Waals surface area contributed by atoms with Crippen LogP contribution >= 0.6 is 23.2 Å². The van der Waals surface area contributed by atoms with Crippen molar-refractivity contribution >= 4 is 34.8 Å². The lowest BCUT2D eigenvalue weighted by molar-refractivity contribution is 0.102. The predicted octanol–water partition coefficient (Wildman–Crippen LogP) is 4.96. The van der Waals surface area contributed by atoms with Crippen LogP contribution in [0.4, 0.5) is 5.69 Å². The first-order valence-corrected chi connectivity index (χ1v) is 7.18. The summed E-state index contributed by atoms with van der Waals surface area (Å²) in [6, 6.07) is 5.33. The molecule has 0 unspecified atom stereocenters. The average molecular weight is 312 g/mol. The van der Waals surface area contributed by atoms with E-state index in [4.69, 9.17) is 27.6 Å². The van der Waals surface area contributed by atoms with Gasteiger partial charge in [0.25, 0.3) is 5.91 Å². The fourth-order valence-electron chi connectivity index (χ4n) is 2.10. The van der Waals surface area contributed by atoms with Crippen molar-refractivity contribution in [2.24, 2.45) is 0 Å². The molecule has 1 amide bonds. The lowest BCUT2D eigenvalue weighted by Crippen LogP contribution is -2.14. The highest BCUT2D eigenvalue weighted by molar-refractivity contribution is 6.33. The van der Waals surface area contributed by atoms with Crippen LogP contribution in [0.1, 0.15) is 35.3 Å². The van der Waals surface area contributed by atoms with Gasteiger partial charge in [0, 0.05) is 10.7 Å². The molecule has 0 spiro atoms. The second-order valence-electron chi connectivity index (χ2n) is 4.33. The van der Waals surface area contributed by atoms with Crippen LogP contribution in [0, 0.1) is 0 Å². The first-order valence-electron chi connectivity index (χ1n) is 6.43. The summed E-state index contributed by atoms with van der Waals surface area (Å²) in [6.07, 6.45) is 2.93. The van der Waals surface area contributed by atoms with E-state index in [1.807, 2.05) is 26.0 Å². The van der Waals surface area contributed by atoms with Gasteiger partial charge in [-0.3, -0.25) is 4.79 Å². The third kappa shape index (κ3) is 2.84. The Kier molecular flexibility index (Phi) is 4.73. The van der Waals surface area contributed by atoms with Gasteiger partial charge in [0.2, 0.25) is 5.22 Å². The molecule has 0 aliphatic rings. The maximum absolute atomic E-state index is 12.2. The molecule has 1 heterocycles. The molecular formula is C15H15Cl2NO2. The van der Waals surface area contributed by atoms with Crippen molar-refractivity contribution in [3.8, 4) is 0 Å². The summed E-state index contributed by atoms with van der Waals surface area (Å²) in [5, 5.41) is 3.63. The number of hydrogen-bond acceptors (Lipinski definition) is 2. The predicted molar refractivity (Wildman–Crippen MR) is 81.9 cm³/mol. The van der Waals surface area contributed by atoms with E-state index in [0.29, 0.717) is 10.6 Å². The first kappa shape index (κ1) is 14.9. The largest absolute Gasteiger partial charge is 0.452 e. The average Bonchev–Trinajstić information content (AvgIpc) is 2.85. The normalized spacial score (nSPS) is 10.6. The van der Waals surface area contributed by atoms with Crippen molar-refractivity contribution in [1.29, 1.82) is 0 Å². The molecule has 3 nitrogen and oxygen atoms in total. The van der Waals surface area contributed by atoms with E-state index >= 15 is 0 Å². The number of amides is 1. The minimum atomic E-state index is -0.296. The standard InChI is InChI=1S/C15H15Cl2NO2/c1-3-9-5-6-12(16)10(4-2)13(9)18-15(19)11-7-8-20-14(11)17/h5-8H,3-4H2,1-2H3,(H,18,19). The van der Waals surface area contributed by atoms with Gasteiger partial charge in [0.15, 0.2) is 0 Å². The van der Waals surface area contributed by atoms with E-state index in [0.717, 1.165) is 29.7 Å². The summed E-state index contributed by atoms with van der Waals surface area (Å²) in [5.41, 5.74) is 3.05. The lowest BCUT2D eigenvalue weighted by Gasteiger charge is -2.15. The molecule has 2 aromatic rings. The fraction of sp³-hybridized carbons (Fsp3) is 0.267. The van der Waals surface area contributed by atoms with E-state index < -0.39 is 0 Å². The lowest BCUT2D eigenvalue weighted by atomic mass is 10.0. The highest BCUT2D eigenvalue weighted by Gasteiger charge is 2.17. The Hall–Kier alpha value is -1.45. The molecule has 0 bridgehead atoms. The van der Waals surface area contributed by atoms with Crippen molar-refractivity contribution in [1.82, 2.24) is 0 Å². The van der Waals surface area contributed by atoms with Crippen LogP contribution < -0.4 is 5.32 Å². The number of aryl methyl sites for hydroxylation is 1. The van der Waals surface area contributed by atoms with Crippen molar-refractivity contribution in [2.75, 3.05) is 5.32 Å². The van der Waals surface area contributed by atoms with Gasteiger partial charge in [0.05, 0.1) is 11.8 Å². The molecule has 20 heavy (non-hydrogen) atoms. The Balaban J connectivity index is 2.40. The summed E-state index contributed by atoms with van der Waals surface area (Å²) in [4.78, 5) is 12.2.